The van der Waals surface area contributed by atoms with E-state index in [-0.39, 0.29) is 36.3 Å². The Morgan fingerprint density at radius 1 is 1.24 bits per heavy atom. The molecule has 0 saturated carbocycles. The topological polar surface area (TPSA) is 106 Å². The molecular weight excluding hydrogens is 422 g/mol. The lowest BCUT2D eigenvalue weighted by molar-refractivity contribution is -0.132. The van der Waals surface area contributed by atoms with Crippen LogP contribution in [0.3, 0.4) is 0 Å². The van der Waals surface area contributed by atoms with Gasteiger partial charge in [-0.05, 0) is 32.3 Å². The molecule has 0 bridgehead atoms. The van der Waals surface area contributed by atoms with Gasteiger partial charge < -0.3 is 20.3 Å². The van der Waals surface area contributed by atoms with Crippen LogP contribution < -0.4 is 15.4 Å². The van der Waals surface area contributed by atoms with Gasteiger partial charge in [-0.15, -0.1) is 0 Å². The smallest absolute Gasteiger partial charge is 0.272 e. The molecule has 0 fully saturated rings. The first-order valence-electron chi connectivity index (χ1n) is 11.3. The zero-order valence-electron chi connectivity index (χ0n) is 20.0. The fraction of sp³-hybridized carbons (Fsp3) is 0.500. The van der Waals surface area contributed by atoms with E-state index in [9.17, 15) is 14.4 Å². The van der Waals surface area contributed by atoms with Gasteiger partial charge in [0.1, 0.15) is 17.0 Å². The number of ether oxygens (including phenoxy) is 1. The number of likely N-dealkylation sites (N-methyl/N-ethyl adjacent to an activating group) is 1. The fourth-order valence-electron chi connectivity index (χ4n) is 3.72. The van der Waals surface area contributed by atoms with Gasteiger partial charge in [0.25, 0.3) is 11.8 Å². The third-order valence-electron chi connectivity index (χ3n) is 5.94. The molecule has 0 spiro atoms. The molecule has 3 rings (SSSR count). The maximum atomic E-state index is 13.0. The molecule has 9 heteroatoms. The number of nitrogens with one attached hydrogen (secondary N) is 2. The number of para-hydroxylation sites is 1. The number of carbonyl (C=O) groups excluding carboxylic acids is 3. The minimum absolute atomic E-state index is 0.130. The highest BCUT2D eigenvalue weighted by molar-refractivity contribution is 6.01. The maximum Gasteiger partial charge on any atom is 0.272 e. The van der Waals surface area contributed by atoms with Crippen LogP contribution in [0.1, 0.15) is 60.7 Å². The van der Waals surface area contributed by atoms with E-state index in [0.717, 1.165) is 12.0 Å². The number of fused-ring (bicyclic) bond motifs is 1. The Morgan fingerprint density at radius 2 is 1.97 bits per heavy atom. The van der Waals surface area contributed by atoms with Crippen molar-refractivity contribution in [2.24, 2.45) is 5.92 Å². The number of carbonyl (C=O) groups is 3. The molecule has 33 heavy (non-hydrogen) atoms. The summed E-state index contributed by atoms with van der Waals surface area (Å²) in [4.78, 5) is 40.1. The molecule has 1 aliphatic heterocycles. The average molecular weight is 456 g/mol. The number of benzene rings is 1. The number of hydrogen-bond donors (Lipinski definition) is 2. The Hall–Kier alpha value is -3.36. The number of hydrogen-bond acceptors (Lipinski definition) is 5. The molecule has 0 radical (unpaired) electrons. The van der Waals surface area contributed by atoms with Gasteiger partial charge >= 0.3 is 0 Å². The highest BCUT2D eigenvalue weighted by atomic mass is 16.5. The first kappa shape index (κ1) is 24.3. The van der Waals surface area contributed by atoms with Crippen molar-refractivity contribution in [2.45, 2.75) is 52.7 Å². The molecule has 1 aliphatic rings. The summed E-state index contributed by atoms with van der Waals surface area (Å²) in [5.41, 5.74) is 0.158. The number of amides is 3. The quantitative estimate of drug-likeness (QED) is 0.603. The van der Waals surface area contributed by atoms with Crippen LogP contribution in [0.15, 0.2) is 30.3 Å². The minimum Gasteiger partial charge on any atom is -0.494 e. The van der Waals surface area contributed by atoms with Gasteiger partial charge in [-0.1, -0.05) is 32.0 Å². The molecule has 178 valence electrons. The molecule has 1 atom stereocenters. The summed E-state index contributed by atoms with van der Waals surface area (Å²) in [6, 6.07) is 8.95. The van der Waals surface area contributed by atoms with Crippen LogP contribution in [0.4, 0.5) is 0 Å². The van der Waals surface area contributed by atoms with E-state index >= 15 is 0 Å². The lowest BCUT2D eigenvalue weighted by atomic mass is 9.95. The van der Waals surface area contributed by atoms with Crippen LogP contribution >= 0.6 is 0 Å². The second kappa shape index (κ2) is 10.1. The minimum atomic E-state index is -1.10. The monoisotopic (exact) mass is 455 g/mol. The maximum absolute atomic E-state index is 13.0. The van der Waals surface area contributed by atoms with Gasteiger partial charge in [0.05, 0.1) is 13.2 Å². The first-order valence-corrected chi connectivity index (χ1v) is 11.3. The molecule has 9 nitrogen and oxygen atoms in total. The van der Waals surface area contributed by atoms with Crippen molar-refractivity contribution in [3.8, 4) is 5.75 Å². The predicted octanol–water partition coefficient (Wildman–Crippen LogP) is 2.22. The largest absolute Gasteiger partial charge is 0.494 e. The Bertz CT molecular complexity index is 1030. The first-order chi connectivity index (χ1) is 15.7. The predicted molar refractivity (Wildman–Crippen MR) is 124 cm³/mol. The van der Waals surface area contributed by atoms with Crippen molar-refractivity contribution in [2.75, 3.05) is 20.2 Å². The van der Waals surface area contributed by atoms with Crippen molar-refractivity contribution >= 4 is 17.7 Å². The van der Waals surface area contributed by atoms with E-state index in [1.807, 2.05) is 31.2 Å². The van der Waals surface area contributed by atoms with Crippen LogP contribution in [-0.4, -0.2) is 58.1 Å². The number of nitrogens with zero attached hydrogens (tertiary/aromatic N) is 3. The SMILES string of the molecule is CCOc1ccccc1CNC(=O)c1cc2n(n1)C[C@](C)(C(=O)NCCC(C)C)N(C)C2=O. The van der Waals surface area contributed by atoms with Gasteiger partial charge in [0.2, 0.25) is 5.91 Å². The van der Waals surface area contributed by atoms with E-state index in [1.54, 1.807) is 14.0 Å². The molecule has 0 saturated heterocycles. The highest BCUT2D eigenvalue weighted by Crippen LogP contribution is 2.26. The summed E-state index contributed by atoms with van der Waals surface area (Å²) in [5.74, 6) is 0.181. The van der Waals surface area contributed by atoms with Gasteiger partial charge in [0.15, 0.2) is 5.69 Å². The average Bonchev–Trinajstić information content (AvgIpc) is 3.20. The fourth-order valence-corrected chi connectivity index (χ4v) is 3.72. The van der Waals surface area contributed by atoms with Crippen LogP contribution in [0.5, 0.6) is 5.75 Å². The second-order valence-corrected chi connectivity index (χ2v) is 8.87. The van der Waals surface area contributed by atoms with E-state index in [4.69, 9.17) is 4.74 Å². The van der Waals surface area contributed by atoms with Crippen molar-refractivity contribution in [1.82, 2.24) is 25.3 Å². The standard InChI is InChI=1S/C24H33N5O4/c1-6-33-20-10-8-7-9-17(20)14-26-21(30)18-13-19-22(31)28(5)24(4,15-29(19)27-18)23(32)25-12-11-16(2)3/h7-10,13,16H,6,11-12,14-15H2,1-5H3,(H,25,32)(H,26,30)/t24-/m1/s1. The lowest BCUT2D eigenvalue weighted by Gasteiger charge is -2.40. The third kappa shape index (κ3) is 5.18. The Morgan fingerprint density at radius 3 is 2.67 bits per heavy atom. The molecule has 0 unspecified atom stereocenters. The Kier molecular flexibility index (Phi) is 7.40. The van der Waals surface area contributed by atoms with E-state index in [2.05, 4.69) is 29.6 Å². The van der Waals surface area contributed by atoms with E-state index in [1.165, 1.54) is 15.6 Å². The molecule has 2 heterocycles. The molecule has 0 aliphatic carbocycles. The number of rotatable bonds is 9. The van der Waals surface area contributed by atoms with Gasteiger partial charge in [0, 0.05) is 31.8 Å². The molecule has 2 aromatic rings. The zero-order valence-corrected chi connectivity index (χ0v) is 20.0. The summed E-state index contributed by atoms with van der Waals surface area (Å²) in [5, 5.41) is 10.1. The van der Waals surface area contributed by atoms with E-state index < -0.39 is 11.4 Å². The van der Waals surface area contributed by atoms with Crippen molar-refractivity contribution < 1.29 is 19.1 Å². The van der Waals surface area contributed by atoms with Gasteiger partial charge in [-0.25, -0.2) is 0 Å². The summed E-state index contributed by atoms with van der Waals surface area (Å²) in [7, 11) is 1.60. The van der Waals surface area contributed by atoms with Gasteiger partial charge in [-0.3, -0.25) is 19.1 Å². The normalized spacial score (nSPS) is 17.6. The van der Waals surface area contributed by atoms with Crippen LogP contribution in [-0.2, 0) is 17.9 Å². The summed E-state index contributed by atoms with van der Waals surface area (Å²) in [6.07, 6.45) is 0.850. The Labute approximate surface area is 194 Å². The van der Waals surface area contributed by atoms with Crippen LogP contribution in [0, 0.1) is 5.92 Å². The van der Waals surface area contributed by atoms with Gasteiger partial charge in [-0.2, -0.15) is 5.10 Å². The molecule has 2 N–H and O–H groups in total. The Balaban J connectivity index is 1.73. The molecule has 1 aromatic heterocycles. The van der Waals surface area contributed by atoms with Crippen molar-refractivity contribution in [3.63, 3.8) is 0 Å². The lowest BCUT2D eigenvalue weighted by Crippen LogP contribution is -2.62. The molecule has 3 amide bonds. The second-order valence-electron chi connectivity index (χ2n) is 8.87. The summed E-state index contributed by atoms with van der Waals surface area (Å²) in [6.45, 7) is 9.28. The molecular formula is C24H33N5O4. The van der Waals surface area contributed by atoms with Crippen molar-refractivity contribution in [3.05, 3.63) is 47.3 Å². The van der Waals surface area contributed by atoms with Crippen molar-refractivity contribution in [1.29, 1.82) is 0 Å². The highest BCUT2D eigenvalue weighted by Gasteiger charge is 2.46. The number of aromatic nitrogens is 2. The third-order valence-corrected chi connectivity index (χ3v) is 5.94. The van der Waals surface area contributed by atoms with E-state index in [0.29, 0.717) is 24.8 Å². The van der Waals surface area contributed by atoms with Crippen LogP contribution in [0.25, 0.3) is 0 Å². The zero-order chi connectivity index (χ0) is 24.2. The summed E-state index contributed by atoms with van der Waals surface area (Å²) < 4.78 is 7.05. The summed E-state index contributed by atoms with van der Waals surface area (Å²) >= 11 is 0. The van der Waals surface area contributed by atoms with Crippen LogP contribution in [0.2, 0.25) is 0 Å². The molecule has 1 aromatic carbocycles.